The Balaban J connectivity index is 1.68. The van der Waals surface area contributed by atoms with Gasteiger partial charge in [0.1, 0.15) is 6.26 Å². The second-order valence-electron chi connectivity index (χ2n) is 5.36. The molecule has 2 N–H and O–H groups in total. The summed E-state index contributed by atoms with van der Waals surface area (Å²) in [5.41, 5.74) is 6.41. The molecule has 1 aromatic heterocycles. The lowest BCUT2D eigenvalue weighted by Crippen LogP contribution is -2.42. The number of oxazole rings is 1. The molecular weight excluding hydrogens is 214 g/mol. The molecule has 2 atom stereocenters. The van der Waals surface area contributed by atoms with E-state index in [-0.39, 0.29) is 0 Å². The highest BCUT2D eigenvalue weighted by atomic mass is 16.4. The van der Waals surface area contributed by atoms with Crippen LogP contribution in [0.25, 0.3) is 0 Å². The van der Waals surface area contributed by atoms with Crippen molar-refractivity contribution < 1.29 is 4.42 Å². The zero-order valence-corrected chi connectivity index (χ0v) is 10.3. The van der Waals surface area contributed by atoms with E-state index in [1.54, 1.807) is 6.26 Å². The Morgan fingerprint density at radius 3 is 2.88 bits per heavy atom. The second-order valence-corrected chi connectivity index (χ2v) is 5.36. The monoisotopic (exact) mass is 235 g/mol. The summed E-state index contributed by atoms with van der Waals surface area (Å²) in [6.45, 7) is 2.67. The van der Waals surface area contributed by atoms with Gasteiger partial charge in [0.25, 0.3) is 6.01 Å². The third kappa shape index (κ3) is 2.18. The lowest BCUT2D eigenvalue weighted by atomic mass is 9.75. The Kier molecular flexibility index (Phi) is 3.05. The van der Waals surface area contributed by atoms with E-state index in [1.807, 2.05) is 0 Å². The summed E-state index contributed by atoms with van der Waals surface area (Å²) in [4.78, 5) is 6.72. The highest BCUT2D eigenvalue weighted by molar-refractivity contribution is 5.28. The summed E-state index contributed by atoms with van der Waals surface area (Å²) in [5, 5.41) is 0. The van der Waals surface area contributed by atoms with E-state index in [4.69, 9.17) is 10.2 Å². The maximum Gasteiger partial charge on any atom is 0.297 e. The fourth-order valence-corrected chi connectivity index (χ4v) is 3.31. The van der Waals surface area contributed by atoms with Gasteiger partial charge in [-0.15, -0.1) is 0 Å². The number of nitrogens with two attached hydrogens (primary N) is 1. The first-order chi connectivity index (χ1) is 8.36. The molecule has 1 aliphatic carbocycles. The Hall–Kier alpha value is -1.03. The number of anilines is 1. The maximum absolute atomic E-state index is 5.56. The van der Waals surface area contributed by atoms with Crippen molar-refractivity contribution in [2.45, 2.75) is 38.6 Å². The summed E-state index contributed by atoms with van der Waals surface area (Å²) in [5.74, 6) is 1.80. The zero-order chi connectivity index (χ0) is 11.7. The van der Waals surface area contributed by atoms with Gasteiger partial charge in [-0.05, 0) is 24.7 Å². The van der Waals surface area contributed by atoms with Crippen molar-refractivity contribution in [2.24, 2.45) is 17.6 Å². The lowest BCUT2D eigenvalue weighted by Gasteiger charge is -2.40. The van der Waals surface area contributed by atoms with Crippen LogP contribution in [0.2, 0.25) is 0 Å². The Morgan fingerprint density at radius 1 is 1.29 bits per heavy atom. The van der Waals surface area contributed by atoms with Gasteiger partial charge in [-0.25, -0.2) is 0 Å². The maximum atomic E-state index is 5.56. The summed E-state index contributed by atoms with van der Waals surface area (Å²) in [7, 11) is 0. The number of hydrogen-bond donors (Lipinski definition) is 1. The van der Waals surface area contributed by atoms with E-state index in [0.717, 1.165) is 36.6 Å². The molecule has 0 aromatic carbocycles. The molecule has 2 heterocycles. The summed E-state index contributed by atoms with van der Waals surface area (Å²) >= 11 is 0. The first-order valence-electron chi connectivity index (χ1n) is 6.76. The van der Waals surface area contributed by atoms with Crippen molar-refractivity contribution in [3.05, 3.63) is 12.0 Å². The predicted octanol–water partition coefficient (Wildman–Crippen LogP) is 2.15. The summed E-state index contributed by atoms with van der Waals surface area (Å²) in [6, 6.07) is 0.773. The molecule has 1 aliphatic heterocycles. The lowest BCUT2D eigenvalue weighted by molar-refractivity contribution is 0.198. The molecule has 1 saturated heterocycles. The van der Waals surface area contributed by atoms with E-state index in [0.29, 0.717) is 6.54 Å². The van der Waals surface area contributed by atoms with E-state index in [9.17, 15) is 0 Å². The molecule has 2 fully saturated rings. The van der Waals surface area contributed by atoms with E-state index >= 15 is 0 Å². The highest BCUT2D eigenvalue weighted by Crippen LogP contribution is 2.37. The molecule has 2 aliphatic rings. The summed E-state index contributed by atoms with van der Waals surface area (Å²) < 4.78 is 5.51. The van der Waals surface area contributed by atoms with Gasteiger partial charge in [0, 0.05) is 19.6 Å². The van der Waals surface area contributed by atoms with Crippen LogP contribution in [0.5, 0.6) is 0 Å². The first kappa shape index (κ1) is 11.1. The zero-order valence-electron chi connectivity index (χ0n) is 10.3. The van der Waals surface area contributed by atoms with Crippen molar-refractivity contribution in [3.8, 4) is 0 Å². The van der Waals surface area contributed by atoms with Gasteiger partial charge < -0.3 is 15.1 Å². The normalized spacial score (nSPS) is 29.1. The minimum absolute atomic E-state index is 0.462. The SMILES string of the molecule is NCc1coc(N2CCC3CCCCC3C2)n1. The van der Waals surface area contributed by atoms with E-state index < -0.39 is 0 Å². The average Bonchev–Trinajstić information content (AvgIpc) is 2.87. The Bertz CT molecular complexity index is 376. The van der Waals surface area contributed by atoms with Crippen molar-refractivity contribution in [1.82, 2.24) is 4.98 Å². The fraction of sp³-hybridized carbons (Fsp3) is 0.769. The van der Waals surface area contributed by atoms with Crippen LogP contribution in [0.4, 0.5) is 6.01 Å². The van der Waals surface area contributed by atoms with Gasteiger partial charge in [-0.1, -0.05) is 19.3 Å². The summed E-state index contributed by atoms with van der Waals surface area (Å²) in [6.07, 6.45) is 8.61. The quantitative estimate of drug-likeness (QED) is 0.853. The molecular formula is C13H21N3O. The molecule has 0 amide bonds. The van der Waals surface area contributed by atoms with Crippen molar-refractivity contribution in [2.75, 3.05) is 18.0 Å². The van der Waals surface area contributed by atoms with Crippen LogP contribution in [0.15, 0.2) is 10.7 Å². The van der Waals surface area contributed by atoms with Gasteiger partial charge in [0.05, 0.1) is 5.69 Å². The van der Waals surface area contributed by atoms with Crippen LogP contribution in [0.1, 0.15) is 37.8 Å². The highest BCUT2D eigenvalue weighted by Gasteiger charge is 2.32. The molecule has 94 valence electrons. The molecule has 0 bridgehead atoms. The molecule has 1 aromatic rings. The number of hydrogen-bond acceptors (Lipinski definition) is 4. The van der Waals surface area contributed by atoms with Gasteiger partial charge in [0.2, 0.25) is 0 Å². The van der Waals surface area contributed by atoms with Crippen LogP contribution in [-0.4, -0.2) is 18.1 Å². The minimum Gasteiger partial charge on any atom is -0.432 e. The fourth-order valence-electron chi connectivity index (χ4n) is 3.31. The molecule has 2 unspecified atom stereocenters. The van der Waals surface area contributed by atoms with Crippen molar-refractivity contribution >= 4 is 6.01 Å². The van der Waals surface area contributed by atoms with Crippen molar-refractivity contribution in [3.63, 3.8) is 0 Å². The van der Waals surface area contributed by atoms with Crippen LogP contribution in [0, 0.1) is 11.8 Å². The minimum atomic E-state index is 0.462. The first-order valence-corrected chi connectivity index (χ1v) is 6.76. The third-order valence-corrected chi connectivity index (χ3v) is 4.31. The molecule has 3 rings (SSSR count). The van der Waals surface area contributed by atoms with Crippen LogP contribution in [-0.2, 0) is 6.54 Å². The topological polar surface area (TPSA) is 55.3 Å². The molecule has 0 radical (unpaired) electrons. The largest absolute Gasteiger partial charge is 0.432 e. The predicted molar refractivity (Wildman–Crippen MR) is 66.7 cm³/mol. The van der Waals surface area contributed by atoms with Crippen LogP contribution in [0.3, 0.4) is 0 Å². The number of fused-ring (bicyclic) bond motifs is 1. The number of nitrogens with zero attached hydrogens (tertiary/aromatic N) is 2. The van der Waals surface area contributed by atoms with E-state index in [1.165, 1.54) is 32.1 Å². The molecule has 4 heteroatoms. The molecule has 0 spiro atoms. The van der Waals surface area contributed by atoms with E-state index in [2.05, 4.69) is 9.88 Å². The Labute approximate surface area is 102 Å². The van der Waals surface area contributed by atoms with Crippen LogP contribution >= 0.6 is 0 Å². The van der Waals surface area contributed by atoms with Crippen LogP contribution < -0.4 is 10.6 Å². The van der Waals surface area contributed by atoms with Gasteiger partial charge in [-0.2, -0.15) is 4.98 Å². The molecule has 4 nitrogen and oxygen atoms in total. The smallest absolute Gasteiger partial charge is 0.297 e. The molecule has 17 heavy (non-hydrogen) atoms. The van der Waals surface area contributed by atoms with Gasteiger partial charge in [-0.3, -0.25) is 0 Å². The number of aromatic nitrogens is 1. The number of rotatable bonds is 2. The third-order valence-electron chi connectivity index (χ3n) is 4.31. The standard InChI is InChI=1S/C13H21N3O/c14-7-12-9-17-13(15-12)16-6-5-10-3-1-2-4-11(10)8-16/h9-11H,1-8,14H2. The van der Waals surface area contributed by atoms with Gasteiger partial charge >= 0.3 is 0 Å². The molecule has 1 saturated carbocycles. The second kappa shape index (κ2) is 4.69. The van der Waals surface area contributed by atoms with Gasteiger partial charge in [0.15, 0.2) is 0 Å². The Morgan fingerprint density at radius 2 is 2.12 bits per heavy atom. The van der Waals surface area contributed by atoms with Crippen molar-refractivity contribution in [1.29, 1.82) is 0 Å². The average molecular weight is 235 g/mol. The number of piperidine rings is 1.